The van der Waals surface area contributed by atoms with Gasteiger partial charge in [-0.3, -0.25) is 19.4 Å². The molecule has 4 rings (SSSR count). The van der Waals surface area contributed by atoms with Crippen molar-refractivity contribution in [1.29, 1.82) is 0 Å². The topological polar surface area (TPSA) is 177 Å². The first-order valence-corrected chi connectivity index (χ1v) is 17.2. The van der Waals surface area contributed by atoms with Gasteiger partial charge in [0.15, 0.2) is 5.60 Å². The summed E-state index contributed by atoms with van der Waals surface area (Å²) in [5.41, 5.74) is -3.20. The maximum absolute atomic E-state index is 13.2. The first-order chi connectivity index (χ1) is 21.6. The number of aliphatic imine (C=N–C) groups is 1. The van der Waals surface area contributed by atoms with E-state index in [-0.39, 0.29) is 46.4 Å². The summed E-state index contributed by atoms with van der Waals surface area (Å²) in [5.74, 6) is -3.70. The number of hydrogen-bond acceptors (Lipinski definition) is 9. The van der Waals surface area contributed by atoms with E-state index in [9.17, 15) is 34.2 Å². The molecule has 4 saturated carbocycles. The van der Waals surface area contributed by atoms with Crippen LogP contribution >= 0.6 is 0 Å². The van der Waals surface area contributed by atoms with Gasteiger partial charge in [0.25, 0.3) is 0 Å². The van der Waals surface area contributed by atoms with Gasteiger partial charge in [-0.05, 0) is 93.3 Å². The van der Waals surface area contributed by atoms with E-state index in [0.717, 1.165) is 51.4 Å². The average molecular weight is 648 g/mol. The van der Waals surface area contributed by atoms with Crippen molar-refractivity contribution < 1.29 is 48.8 Å². The van der Waals surface area contributed by atoms with Gasteiger partial charge in [0.2, 0.25) is 0 Å². The molecule has 4 aliphatic rings. The highest BCUT2D eigenvalue weighted by molar-refractivity contribution is 6.23. The third-order valence-corrected chi connectivity index (χ3v) is 12.2. The molecule has 10 atom stereocenters. The number of esters is 2. The molecule has 0 aromatic heterocycles. The van der Waals surface area contributed by atoms with Gasteiger partial charge in [-0.1, -0.05) is 40.0 Å². The lowest BCUT2D eigenvalue weighted by molar-refractivity contribution is -0.199. The van der Waals surface area contributed by atoms with Crippen LogP contribution in [0.1, 0.15) is 118 Å². The molecule has 0 radical (unpaired) electrons. The molecule has 3 N–H and O–H groups in total. The normalized spacial score (nSPS) is 36.5. The summed E-state index contributed by atoms with van der Waals surface area (Å²) in [6.45, 7) is 8.87. The van der Waals surface area contributed by atoms with E-state index in [2.05, 4.69) is 25.8 Å². The molecule has 0 spiro atoms. The van der Waals surface area contributed by atoms with Crippen LogP contribution in [0.25, 0.3) is 0 Å². The van der Waals surface area contributed by atoms with Crippen molar-refractivity contribution >= 4 is 35.9 Å². The van der Waals surface area contributed by atoms with Crippen LogP contribution in [0.15, 0.2) is 4.99 Å². The van der Waals surface area contributed by atoms with E-state index in [0.29, 0.717) is 38.1 Å². The van der Waals surface area contributed by atoms with Crippen molar-refractivity contribution in [2.75, 3.05) is 6.54 Å². The van der Waals surface area contributed by atoms with Gasteiger partial charge < -0.3 is 24.8 Å². The van der Waals surface area contributed by atoms with E-state index in [1.165, 1.54) is 6.21 Å². The van der Waals surface area contributed by atoms with Crippen LogP contribution < -0.4 is 0 Å². The molecule has 0 amide bonds. The maximum atomic E-state index is 13.2. The third kappa shape index (κ3) is 7.50. The minimum Gasteiger partial charge on any atom is -0.481 e. The summed E-state index contributed by atoms with van der Waals surface area (Å²) >= 11 is 0. The number of ether oxygens (including phenoxy) is 2. The Hall–Kier alpha value is -2.82. The highest BCUT2D eigenvalue weighted by Crippen LogP contribution is 2.68. The summed E-state index contributed by atoms with van der Waals surface area (Å²) in [7, 11) is 0. The van der Waals surface area contributed by atoms with E-state index >= 15 is 0 Å². The SMILES string of the molecule is CCCCCCN=CC(=O)OC1C[C@]2(C)[C@@H](C(C)=O)CC[C@H]2[C@@H]2CCC3CC(OC(=O)CC(O)(CC(=O)O)C(=O)O)CC[C@]3(C)[C@@H]12. The average Bonchev–Trinajstić information content (AvgIpc) is 3.31. The van der Waals surface area contributed by atoms with Crippen molar-refractivity contribution in [2.45, 2.75) is 135 Å². The van der Waals surface area contributed by atoms with Crippen LogP contribution in [-0.4, -0.2) is 75.5 Å². The van der Waals surface area contributed by atoms with Gasteiger partial charge in [-0.25, -0.2) is 9.59 Å². The molecule has 11 nitrogen and oxygen atoms in total. The van der Waals surface area contributed by atoms with Gasteiger partial charge >= 0.3 is 23.9 Å². The lowest BCUT2D eigenvalue weighted by Crippen LogP contribution is -2.60. The zero-order chi connectivity index (χ0) is 33.9. The molecule has 0 heterocycles. The number of carboxylic acid groups (broad SMARTS) is 2. The van der Waals surface area contributed by atoms with Crippen LogP contribution in [0.3, 0.4) is 0 Å². The molecule has 4 unspecified atom stereocenters. The standard InChI is InChI=1S/C35H53NO10/c1-5-6-7-8-15-36-20-30(41)46-27-17-34(4)25(21(2)37)11-12-26(34)24-10-9-22-16-23(13-14-33(22,3)31(24)27)45-29(40)19-35(44,32(42)43)18-28(38)39/h20,22-27,31,44H,5-19H2,1-4H3,(H,38,39)(H,42,43)/t22?,23?,24-,25+,26-,27?,31+,33-,34+,35?/m0/s1. The molecule has 4 aliphatic carbocycles. The predicted octanol–water partition coefficient (Wildman–Crippen LogP) is 5.00. The lowest BCUT2D eigenvalue weighted by Gasteiger charge is -2.62. The lowest BCUT2D eigenvalue weighted by atomic mass is 9.43. The van der Waals surface area contributed by atoms with Crippen LogP contribution in [0.2, 0.25) is 0 Å². The van der Waals surface area contributed by atoms with Crippen LogP contribution in [-0.2, 0) is 33.4 Å². The Balaban J connectivity index is 1.50. The number of unbranched alkanes of at least 4 members (excludes halogenated alkanes) is 3. The quantitative estimate of drug-likeness (QED) is 0.132. The Bertz CT molecular complexity index is 1200. The number of Topliss-reactive ketones (excluding diaryl/α,β-unsaturated/α-hetero) is 1. The van der Waals surface area contributed by atoms with Crippen LogP contribution in [0.5, 0.6) is 0 Å². The van der Waals surface area contributed by atoms with Crippen molar-refractivity contribution in [3.05, 3.63) is 0 Å². The number of carbonyl (C=O) groups excluding carboxylic acids is 3. The fourth-order valence-corrected chi connectivity index (χ4v) is 10.1. The number of rotatable bonds is 14. The molecule has 0 aliphatic heterocycles. The Morgan fingerprint density at radius 2 is 1.67 bits per heavy atom. The molecular formula is C35H53NO10. The second kappa shape index (κ2) is 14.5. The van der Waals surface area contributed by atoms with E-state index in [4.69, 9.17) is 14.6 Å². The molecule has 4 fully saturated rings. The fourth-order valence-electron chi connectivity index (χ4n) is 10.1. The molecule has 0 bridgehead atoms. The smallest absolute Gasteiger partial charge is 0.349 e. The van der Waals surface area contributed by atoms with E-state index in [1.54, 1.807) is 6.92 Å². The second-order valence-corrected chi connectivity index (χ2v) is 15.1. The number of nitrogens with zero attached hydrogens (tertiary/aromatic N) is 1. The first-order valence-electron chi connectivity index (χ1n) is 17.2. The van der Waals surface area contributed by atoms with Crippen molar-refractivity contribution in [3.63, 3.8) is 0 Å². The number of aliphatic carboxylic acids is 2. The van der Waals surface area contributed by atoms with Crippen molar-refractivity contribution in [3.8, 4) is 0 Å². The van der Waals surface area contributed by atoms with Gasteiger partial charge in [0.05, 0.1) is 12.8 Å². The minimum atomic E-state index is -2.74. The van der Waals surface area contributed by atoms with Gasteiger partial charge in [0, 0.05) is 18.4 Å². The van der Waals surface area contributed by atoms with E-state index in [1.807, 2.05) is 0 Å². The number of hydrogen-bond donors (Lipinski definition) is 3. The molecular weight excluding hydrogens is 594 g/mol. The van der Waals surface area contributed by atoms with Crippen molar-refractivity contribution in [2.24, 2.45) is 45.4 Å². The van der Waals surface area contributed by atoms with Gasteiger partial charge in [-0.15, -0.1) is 0 Å². The first kappa shape index (κ1) is 36.0. The molecule has 0 saturated heterocycles. The summed E-state index contributed by atoms with van der Waals surface area (Å²) in [5, 5.41) is 28.7. The second-order valence-electron chi connectivity index (χ2n) is 15.1. The number of fused-ring (bicyclic) bond motifs is 5. The monoisotopic (exact) mass is 647 g/mol. The zero-order valence-electron chi connectivity index (χ0n) is 27.9. The van der Waals surface area contributed by atoms with Crippen LogP contribution in [0.4, 0.5) is 0 Å². The van der Waals surface area contributed by atoms with Crippen LogP contribution in [0, 0.1) is 40.4 Å². The number of carbonyl (C=O) groups is 5. The Labute approximate surface area is 271 Å². The molecule has 0 aromatic rings. The maximum Gasteiger partial charge on any atom is 0.349 e. The number of ketones is 1. The van der Waals surface area contributed by atoms with Crippen molar-refractivity contribution in [1.82, 2.24) is 0 Å². The molecule has 0 aromatic carbocycles. The fraction of sp³-hybridized carbons (Fsp3) is 0.829. The van der Waals surface area contributed by atoms with E-state index < -0.39 is 48.4 Å². The minimum absolute atomic E-state index is 0.0573. The zero-order valence-corrected chi connectivity index (χ0v) is 27.9. The summed E-state index contributed by atoms with van der Waals surface area (Å²) in [6.07, 6.45) is 8.66. The number of aliphatic hydroxyl groups is 1. The Morgan fingerprint density at radius 3 is 2.33 bits per heavy atom. The Morgan fingerprint density at radius 1 is 0.935 bits per heavy atom. The predicted molar refractivity (Wildman–Crippen MR) is 168 cm³/mol. The Kier molecular flexibility index (Phi) is 11.4. The molecule has 258 valence electrons. The van der Waals surface area contributed by atoms with Gasteiger partial charge in [0.1, 0.15) is 24.2 Å². The largest absolute Gasteiger partial charge is 0.481 e. The highest BCUT2D eigenvalue weighted by atomic mass is 16.5. The molecule has 46 heavy (non-hydrogen) atoms. The summed E-state index contributed by atoms with van der Waals surface area (Å²) in [4.78, 5) is 65.7. The highest BCUT2D eigenvalue weighted by Gasteiger charge is 2.65. The number of carboxylic acids is 2. The summed E-state index contributed by atoms with van der Waals surface area (Å²) in [6, 6.07) is 0. The summed E-state index contributed by atoms with van der Waals surface area (Å²) < 4.78 is 11.9. The molecule has 11 heteroatoms. The third-order valence-electron chi connectivity index (χ3n) is 12.2. The van der Waals surface area contributed by atoms with Gasteiger partial charge in [-0.2, -0.15) is 0 Å².